The van der Waals surface area contributed by atoms with Crippen molar-refractivity contribution in [3.8, 4) is 29.1 Å². The molecule has 5 aliphatic heterocycles. The fourth-order valence-electron chi connectivity index (χ4n) is 11.7. The lowest BCUT2D eigenvalue weighted by Gasteiger charge is -2.59. The first kappa shape index (κ1) is 49.0. The van der Waals surface area contributed by atoms with Crippen LogP contribution < -0.4 is 24.8 Å². The van der Waals surface area contributed by atoms with Gasteiger partial charge in [-0.25, -0.2) is 9.59 Å². The molecule has 5 aliphatic rings. The Morgan fingerprint density at radius 3 is 1.65 bits per heavy atom. The van der Waals surface area contributed by atoms with E-state index in [2.05, 4.69) is 104 Å². The topological polar surface area (TPSA) is 105 Å². The third kappa shape index (κ3) is 11.4. The van der Waals surface area contributed by atoms with Crippen LogP contribution in [0.25, 0.3) is 0 Å². The van der Waals surface area contributed by atoms with Gasteiger partial charge in [0.2, 0.25) is 0 Å². The molecule has 0 radical (unpaired) electrons. The number of nitrogens with zero attached hydrogens (tertiary/aromatic N) is 6. The molecule has 13 nitrogen and oxygen atoms in total. The van der Waals surface area contributed by atoms with E-state index in [1.807, 2.05) is 82.6 Å². The third-order valence-electron chi connectivity index (χ3n) is 15.7. The molecule has 0 aromatic heterocycles. The molecule has 13 heteroatoms. The zero-order chi connectivity index (χ0) is 49.4. The van der Waals surface area contributed by atoms with Gasteiger partial charge in [0.05, 0.1) is 20.3 Å². The summed E-state index contributed by atoms with van der Waals surface area (Å²) in [7, 11) is 5.50. The van der Waals surface area contributed by atoms with Gasteiger partial charge in [-0.1, -0.05) is 60.4 Å². The largest absolute Gasteiger partial charge is 0.497 e. The smallest absolute Gasteiger partial charge is 0.321 e. The number of carbonyl (C=O) groups is 2. The maximum Gasteiger partial charge on any atom is 0.321 e. The van der Waals surface area contributed by atoms with E-state index in [0.29, 0.717) is 31.7 Å². The summed E-state index contributed by atoms with van der Waals surface area (Å²) in [6.07, 6.45) is 4.00. The summed E-state index contributed by atoms with van der Waals surface area (Å²) in [5.74, 6) is 9.71. The van der Waals surface area contributed by atoms with Gasteiger partial charge in [0, 0.05) is 111 Å². The van der Waals surface area contributed by atoms with Gasteiger partial charge < -0.3 is 39.5 Å². The zero-order valence-corrected chi connectivity index (χ0v) is 42.1. The molecule has 0 saturated carbocycles. The van der Waals surface area contributed by atoms with Crippen molar-refractivity contribution in [1.29, 1.82) is 0 Å². The third-order valence-corrected chi connectivity index (χ3v) is 15.7. The number of anilines is 2. The highest BCUT2D eigenvalue weighted by molar-refractivity contribution is 5.90. The van der Waals surface area contributed by atoms with Gasteiger partial charge in [-0.3, -0.25) is 14.7 Å². The standard InChI is InChI=1S/C59H70N8O5/c1-62-34-36-63(37-35-62)39-52-56(53-40-64(30-7-9-32-66(52)53)58(68)60-47-22-26-49(70-2)27-23-47)46-20-18-43(19-21-46)16-17-44-12-11-15-51(38-44)72-42-55-57(45-13-5-4-6-14-45)54-41-65(31-8-10-33-67(54)55)59(69)61-48-24-28-50(71-3)29-25-48/h4-6,11-15,18-29,38,52-57H,7-10,30-37,39-42H2,1-3H3,(H,60,68)(H,61,69). The number of fused-ring (bicyclic) bond motifs is 2. The highest BCUT2D eigenvalue weighted by atomic mass is 16.5. The molecule has 2 N–H and O–H groups in total. The molecule has 6 unspecified atom stereocenters. The number of methoxy groups -OCH3 is 2. The Hall–Kier alpha value is -6.56. The number of likely N-dealkylation sites (N-methyl/N-ethyl adjacent to an activating group) is 1. The van der Waals surface area contributed by atoms with Crippen LogP contribution in [0.5, 0.6) is 17.2 Å². The minimum absolute atomic E-state index is 0.0507. The molecule has 5 fully saturated rings. The predicted octanol–water partition coefficient (Wildman–Crippen LogP) is 8.36. The molecule has 0 aliphatic carbocycles. The Kier molecular flexibility index (Phi) is 15.6. The molecular formula is C59H70N8O5. The Morgan fingerprint density at radius 2 is 1.07 bits per heavy atom. The average molecular weight is 971 g/mol. The van der Waals surface area contributed by atoms with Crippen LogP contribution in [0.4, 0.5) is 21.0 Å². The molecule has 5 heterocycles. The summed E-state index contributed by atoms with van der Waals surface area (Å²) < 4.78 is 17.3. The number of urea groups is 2. The van der Waals surface area contributed by atoms with E-state index < -0.39 is 0 Å². The summed E-state index contributed by atoms with van der Waals surface area (Å²) in [5.41, 5.74) is 5.97. The van der Waals surface area contributed by atoms with Gasteiger partial charge >= 0.3 is 12.1 Å². The van der Waals surface area contributed by atoms with Gasteiger partial charge in [-0.15, -0.1) is 0 Å². The Balaban J connectivity index is 0.805. The van der Waals surface area contributed by atoms with E-state index in [4.69, 9.17) is 14.2 Å². The number of ether oxygens (including phenoxy) is 3. The second kappa shape index (κ2) is 22.9. The van der Waals surface area contributed by atoms with Crippen molar-refractivity contribution in [3.05, 3.63) is 150 Å². The van der Waals surface area contributed by atoms with E-state index >= 15 is 0 Å². The number of rotatable bonds is 11. The van der Waals surface area contributed by atoms with Crippen molar-refractivity contribution >= 4 is 23.4 Å². The zero-order valence-electron chi connectivity index (χ0n) is 42.1. The summed E-state index contributed by atoms with van der Waals surface area (Å²) >= 11 is 0. The number of benzene rings is 5. The van der Waals surface area contributed by atoms with Crippen molar-refractivity contribution in [2.45, 2.75) is 61.7 Å². The number of nitrogens with one attached hydrogen (secondary N) is 2. The van der Waals surface area contributed by atoms with E-state index in [-0.39, 0.29) is 36.1 Å². The van der Waals surface area contributed by atoms with Crippen molar-refractivity contribution < 1.29 is 23.8 Å². The second-order valence-electron chi connectivity index (χ2n) is 20.1. The lowest BCUT2D eigenvalue weighted by Crippen LogP contribution is -2.69. The fourth-order valence-corrected chi connectivity index (χ4v) is 11.7. The molecule has 5 aromatic rings. The number of hydrogen-bond acceptors (Lipinski definition) is 9. The molecular weight excluding hydrogens is 901 g/mol. The minimum Gasteiger partial charge on any atom is -0.497 e. The van der Waals surface area contributed by atoms with Crippen molar-refractivity contribution in [3.63, 3.8) is 0 Å². The van der Waals surface area contributed by atoms with Crippen LogP contribution >= 0.6 is 0 Å². The molecule has 5 saturated heterocycles. The maximum absolute atomic E-state index is 13.8. The molecule has 0 bridgehead atoms. The van der Waals surface area contributed by atoms with Crippen LogP contribution in [0.3, 0.4) is 0 Å². The van der Waals surface area contributed by atoms with Crippen LogP contribution in [-0.4, -0.2) is 165 Å². The molecule has 0 spiro atoms. The monoisotopic (exact) mass is 971 g/mol. The van der Waals surface area contributed by atoms with Crippen molar-refractivity contribution in [1.82, 2.24) is 29.4 Å². The average Bonchev–Trinajstić information content (AvgIpc) is 3.39. The first-order valence-electron chi connectivity index (χ1n) is 26.0. The van der Waals surface area contributed by atoms with Crippen LogP contribution in [-0.2, 0) is 0 Å². The predicted molar refractivity (Wildman–Crippen MR) is 284 cm³/mol. The highest BCUT2D eigenvalue weighted by Gasteiger charge is 2.51. The number of carbonyl (C=O) groups excluding carboxylic acids is 2. The summed E-state index contributed by atoms with van der Waals surface area (Å²) in [6.45, 7) is 10.7. The summed E-state index contributed by atoms with van der Waals surface area (Å²) in [6, 6.07) is 43.6. The summed E-state index contributed by atoms with van der Waals surface area (Å²) in [5, 5.41) is 6.27. The number of hydrogen-bond donors (Lipinski definition) is 2. The molecule has 376 valence electrons. The van der Waals surface area contributed by atoms with Crippen LogP contribution in [0.15, 0.2) is 127 Å². The molecule has 72 heavy (non-hydrogen) atoms. The quantitative estimate of drug-likeness (QED) is 0.127. The van der Waals surface area contributed by atoms with Gasteiger partial charge in [-0.05, 0) is 136 Å². The SMILES string of the molecule is COc1ccc(NC(=O)N2CCCCN3C(COc4cccc(C#Cc5ccc(C6C(CN7CCN(C)CC7)N7CCCCN(C(=O)Nc8ccc(OC)cc8)CC67)cc5)c4)C(c4ccccc4)C3C2)cc1. The van der Waals surface area contributed by atoms with Crippen LogP contribution in [0.2, 0.25) is 0 Å². The minimum atomic E-state index is -0.0753. The maximum atomic E-state index is 13.8. The van der Waals surface area contributed by atoms with Gasteiger partial charge in [0.1, 0.15) is 23.9 Å². The lowest BCUT2D eigenvalue weighted by atomic mass is 9.73. The lowest BCUT2D eigenvalue weighted by molar-refractivity contribution is -0.0540. The number of amides is 4. The van der Waals surface area contributed by atoms with Crippen LogP contribution in [0.1, 0.15) is 59.8 Å². The van der Waals surface area contributed by atoms with E-state index in [1.54, 1.807) is 14.2 Å². The molecule has 10 rings (SSSR count). The second-order valence-corrected chi connectivity index (χ2v) is 20.1. The fraction of sp³-hybridized carbons (Fsp3) is 0.424. The van der Waals surface area contributed by atoms with Gasteiger partial charge in [0.25, 0.3) is 0 Å². The van der Waals surface area contributed by atoms with E-state index in [9.17, 15) is 9.59 Å². The van der Waals surface area contributed by atoms with Crippen LogP contribution in [0, 0.1) is 11.8 Å². The Bertz CT molecular complexity index is 2650. The first-order valence-corrected chi connectivity index (χ1v) is 26.0. The Labute approximate surface area is 426 Å². The Morgan fingerprint density at radius 1 is 0.542 bits per heavy atom. The molecule has 5 aromatic carbocycles. The van der Waals surface area contributed by atoms with E-state index in [0.717, 1.165) is 124 Å². The first-order chi connectivity index (χ1) is 35.3. The van der Waals surface area contributed by atoms with Gasteiger partial charge in [-0.2, -0.15) is 0 Å². The number of piperazine rings is 1. The molecule has 4 amide bonds. The van der Waals surface area contributed by atoms with Gasteiger partial charge in [0.15, 0.2) is 0 Å². The normalized spacial score (nSPS) is 23.9. The van der Waals surface area contributed by atoms with E-state index in [1.165, 1.54) is 11.1 Å². The summed E-state index contributed by atoms with van der Waals surface area (Å²) in [4.78, 5) is 41.8. The van der Waals surface area contributed by atoms with Crippen molar-refractivity contribution in [2.75, 3.05) is 111 Å². The van der Waals surface area contributed by atoms with Crippen molar-refractivity contribution in [2.24, 2.45) is 0 Å². The highest BCUT2D eigenvalue weighted by Crippen LogP contribution is 2.44. The molecule has 6 atom stereocenters.